The molecule has 0 unspecified atom stereocenters. The van der Waals surface area contributed by atoms with Gasteiger partial charge in [0.25, 0.3) is 0 Å². The van der Waals surface area contributed by atoms with Gasteiger partial charge < -0.3 is 15.9 Å². The molecule has 0 aliphatic carbocycles. The molecule has 0 aliphatic rings. The number of aromatic nitrogens is 1. The SMILES string of the molecule is CN(C)c1ccncc1.O.O. The van der Waals surface area contributed by atoms with Crippen LogP contribution < -0.4 is 4.90 Å². The highest BCUT2D eigenvalue weighted by Crippen LogP contribution is 2.05. The van der Waals surface area contributed by atoms with E-state index in [0.717, 1.165) is 0 Å². The van der Waals surface area contributed by atoms with Crippen LogP contribution in [-0.2, 0) is 0 Å². The fourth-order valence-corrected chi connectivity index (χ4v) is 0.642. The minimum Gasteiger partial charge on any atom is -0.412 e. The van der Waals surface area contributed by atoms with E-state index in [1.54, 1.807) is 12.4 Å². The first-order valence-electron chi connectivity index (χ1n) is 2.88. The Kier molecular flexibility index (Phi) is 6.43. The smallest absolute Gasteiger partial charge is 0.0391 e. The molecule has 0 aromatic carbocycles. The molecule has 11 heavy (non-hydrogen) atoms. The summed E-state index contributed by atoms with van der Waals surface area (Å²) in [5, 5.41) is 0. The zero-order valence-corrected chi connectivity index (χ0v) is 6.70. The Morgan fingerprint density at radius 1 is 1.09 bits per heavy atom. The Balaban J connectivity index is 0. The highest BCUT2D eigenvalue weighted by Gasteiger charge is 1.88. The summed E-state index contributed by atoms with van der Waals surface area (Å²) >= 11 is 0. The molecule has 4 nitrogen and oxygen atoms in total. The van der Waals surface area contributed by atoms with Crippen LogP contribution in [0.5, 0.6) is 0 Å². The molecule has 0 saturated heterocycles. The van der Waals surface area contributed by atoms with Crippen molar-refractivity contribution in [2.24, 2.45) is 0 Å². The second-order valence-electron chi connectivity index (χ2n) is 2.10. The van der Waals surface area contributed by atoms with Gasteiger partial charge in [0, 0.05) is 32.2 Å². The molecule has 1 aromatic heterocycles. The van der Waals surface area contributed by atoms with E-state index >= 15 is 0 Å². The van der Waals surface area contributed by atoms with E-state index in [-0.39, 0.29) is 11.0 Å². The number of hydrogen-bond acceptors (Lipinski definition) is 2. The molecule has 0 fully saturated rings. The highest BCUT2D eigenvalue weighted by molar-refractivity contribution is 5.42. The van der Waals surface area contributed by atoms with Crippen molar-refractivity contribution in [3.63, 3.8) is 0 Å². The van der Waals surface area contributed by atoms with E-state index in [9.17, 15) is 0 Å². The van der Waals surface area contributed by atoms with Crippen molar-refractivity contribution >= 4 is 5.69 Å². The second-order valence-corrected chi connectivity index (χ2v) is 2.10. The number of nitrogens with zero attached hydrogens (tertiary/aromatic N) is 2. The molecule has 0 aliphatic heterocycles. The van der Waals surface area contributed by atoms with E-state index in [1.165, 1.54) is 5.69 Å². The van der Waals surface area contributed by atoms with E-state index in [0.29, 0.717) is 0 Å². The van der Waals surface area contributed by atoms with E-state index in [2.05, 4.69) is 4.98 Å². The van der Waals surface area contributed by atoms with Gasteiger partial charge in [0.2, 0.25) is 0 Å². The van der Waals surface area contributed by atoms with Gasteiger partial charge in [0.05, 0.1) is 0 Å². The lowest BCUT2D eigenvalue weighted by molar-refractivity contribution is 0.823. The normalized spacial score (nSPS) is 7.45. The predicted octanol–water partition coefficient (Wildman–Crippen LogP) is -0.502. The van der Waals surface area contributed by atoms with Gasteiger partial charge in [-0.15, -0.1) is 0 Å². The van der Waals surface area contributed by atoms with Gasteiger partial charge in [-0.1, -0.05) is 0 Å². The molecular formula is C7H14N2O2. The van der Waals surface area contributed by atoms with Crippen LogP contribution in [0.15, 0.2) is 24.5 Å². The summed E-state index contributed by atoms with van der Waals surface area (Å²) in [6.45, 7) is 0. The van der Waals surface area contributed by atoms with Crippen LogP contribution in [0, 0.1) is 0 Å². The van der Waals surface area contributed by atoms with Gasteiger partial charge in [-0.3, -0.25) is 4.98 Å². The largest absolute Gasteiger partial charge is 0.412 e. The van der Waals surface area contributed by atoms with Gasteiger partial charge in [-0.05, 0) is 12.1 Å². The lowest BCUT2D eigenvalue weighted by Crippen LogP contribution is -2.07. The first kappa shape index (κ1) is 12.5. The quantitative estimate of drug-likeness (QED) is 0.552. The average molecular weight is 158 g/mol. The first-order chi connectivity index (χ1) is 4.30. The Morgan fingerprint density at radius 3 is 1.82 bits per heavy atom. The second kappa shape index (κ2) is 5.64. The molecule has 0 spiro atoms. The Morgan fingerprint density at radius 2 is 1.55 bits per heavy atom. The third kappa shape index (κ3) is 3.54. The van der Waals surface area contributed by atoms with Gasteiger partial charge in [0.15, 0.2) is 0 Å². The third-order valence-corrected chi connectivity index (χ3v) is 1.18. The summed E-state index contributed by atoms with van der Waals surface area (Å²) in [6, 6.07) is 3.94. The molecule has 1 heterocycles. The number of pyridine rings is 1. The third-order valence-electron chi connectivity index (χ3n) is 1.18. The van der Waals surface area contributed by atoms with E-state index in [4.69, 9.17) is 0 Å². The molecule has 0 atom stereocenters. The Labute approximate surface area is 66.1 Å². The lowest BCUT2D eigenvalue weighted by atomic mass is 10.4. The van der Waals surface area contributed by atoms with Crippen LogP contribution in [0.1, 0.15) is 0 Å². The maximum Gasteiger partial charge on any atom is 0.0391 e. The number of anilines is 1. The maximum atomic E-state index is 3.90. The molecule has 4 N–H and O–H groups in total. The minimum atomic E-state index is 0. The first-order valence-corrected chi connectivity index (χ1v) is 2.88. The fourth-order valence-electron chi connectivity index (χ4n) is 0.642. The molecule has 4 heteroatoms. The summed E-state index contributed by atoms with van der Waals surface area (Å²) in [7, 11) is 4.02. The summed E-state index contributed by atoms with van der Waals surface area (Å²) in [6.07, 6.45) is 3.57. The van der Waals surface area contributed by atoms with Crippen molar-refractivity contribution < 1.29 is 11.0 Å². The van der Waals surface area contributed by atoms with Crippen LogP contribution in [0.25, 0.3) is 0 Å². The predicted molar refractivity (Wildman–Crippen MR) is 45.8 cm³/mol. The van der Waals surface area contributed by atoms with Crippen LogP contribution in [0.4, 0.5) is 5.69 Å². The summed E-state index contributed by atoms with van der Waals surface area (Å²) in [5.74, 6) is 0. The molecule has 0 bridgehead atoms. The fraction of sp³-hybridized carbons (Fsp3) is 0.286. The summed E-state index contributed by atoms with van der Waals surface area (Å²) in [4.78, 5) is 5.94. The Hall–Kier alpha value is -1.13. The molecular weight excluding hydrogens is 144 g/mol. The number of rotatable bonds is 1. The van der Waals surface area contributed by atoms with Gasteiger partial charge in [-0.25, -0.2) is 0 Å². The van der Waals surface area contributed by atoms with Gasteiger partial charge in [-0.2, -0.15) is 0 Å². The molecule has 0 radical (unpaired) electrons. The topological polar surface area (TPSA) is 79.1 Å². The van der Waals surface area contributed by atoms with Crippen LogP contribution in [0.3, 0.4) is 0 Å². The van der Waals surface area contributed by atoms with Crippen LogP contribution >= 0.6 is 0 Å². The van der Waals surface area contributed by atoms with Gasteiger partial charge >= 0.3 is 0 Å². The monoisotopic (exact) mass is 158 g/mol. The minimum absolute atomic E-state index is 0. The van der Waals surface area contributed by atoms with Crippen molar-refractivity contribution in [1.82, 2.24) is 4.98 Å². The van der Waals surface area contributed by atoms with Crippen LogP contribution in [0.2, 0.25) is 0 Å². The molecule has 1 rings (SSSR count). The van der Waals surface area contributed by atoms with Crippen molar-refractivity contribution in [1.29, 1.82) is 0 Å². The zero-order valence-electron chi connectivity index (χ0n) is 6.70. The Bertz CT molecular complexity index is 177. The average Bonchev–Trinajstić information content (AvgIpc) is 1.90. The van der Waals surface area contributed by atoms with Crippen LogP contribution in [-0.4, -0.2) is 30.0 Å². The van der Waals surface area contributed by atoms with E-state index < -0.39 is 0 Å². The van der Waals surface area contributed by atoms with Crippen molar-refractivity contribution in [3.8, 4) is 0 Å². The molecule has 64 valence electrons. The number of hydrogen-bond donors (Lipinski definition) is 0. The van der Waals surface area contributed by atoms with E-state index in [1.807, 2.05) is 31.1 Å². The molecule has 0 saturated carbocycles. The summed E-state index contributed by atoms with van der Waals surface area (Å²) in [5.41, 5.74) is 1.19. The van der Waals surface area contributed by atoms with Crippen molar-refractivity contribution in [3.05, 3.63) is 24.5 Å². The van der Waals surface area contributed by atoms with Gasteiger partial charge in [0.1, 0.15) is 0 Å². The highest BCUT2D eigenvalue weighted by atomic mass is 16.0. The lowest BCUT2D eigenvalue weighted by Gasteiger charge is -2.10. The zero-order chi connectivity index (χ0) is 6.69. The van der Waals surface area contributed by atoms with Crippen molar-refractivity contribution in [2.75, 3.05) is 19.0 Å². The molecule has 1 aromatic rings. The maximum absolute atomic E-state index is 3.90. The molecule has 0 amide bonds. The summed E-state index contributed by atoms with van der Waals surface area (Å²) < 4.78 is 0. The van der Waals surface area contributed by atoms with Crippen molar-refractivity contribution in [2.45, 2.75) is 0 Å². The standard InChI is InChI=1S/C7H10N2.2H2O/c1-9(2)7-3-5-8-6-4-7;;/h3-6H,1-2H3;2*1H2.